The van der Waals surface area contributed by atoms with Crippen LogP contribution in [0.25, 0.3) is 11.1 Å². The van der Waals surface area contributed by atoms with Gasteiger partial charge in [0, 0.05) is 3.57 Å². The fraction of sp³-hybridized carbons (Fsp3) is 0.0769. The average Bonchev–Trinajstić information content (AvgIpc) is 2.26. The molecule has 0 bridgehead atoms. The third-order valence-electron chi connectivity index (χ3n) is 2.60. The van der Waals surface area contributed by atoms with Crippen molar-refractivity contribution in [3.8, 4) is 11.1 Å². The van der Waals surface area contributed by atoms with Gasteiger partial charge in [-0.05, 0) is 62.9 Å². The molecule has 0 saturated heterocycles. The molecule has 2 atom stereocenters. The molecule has 0 fully saturated rings. The Hall–Kier alpha value is 0.0300. The lowest BCUT2D eigenvalue weighted by Gasteiger charge is -2.07. The summed E-state index contributed by atoms with van der Waals surface area (Å²) in [6.45, 7) is 2.14. The first kappa shape index (κ1) is 12.5. The van der Waals surface area contributed by atoms with Gasteiger partial charge in [0.15, 0.2) is 0 Å². The molecule has 0 aliphatic rings. The van der Waals surface area contributed by atoms with Crippen molar-refractivity contribution in [1.82, 2.24) is 0 Å². The van der Waals surface area contributed by atoms with Gasteiger partial charge in [-0.15, -0.1) is 18.5 Å². The molecule has 16 heavy (non-hydrogen) atoms. The summed E-state index contributed by atoms with van der Waals surface area (Å²) in [6, 6.07) is 13.1. The highest BCUT2D eigenvalue weighted by molar-refractivity contribution is 14.1. The highest BCUT2D eigenvalue weighted by Gasteiger charge is 2.02. The molecular formula is C13H13IP2. The summed E-state index contributed by atoms with van der Waals surface area (Å²) in [7, 11) is 5.51. The van der Waals surface area contributed by atoms with E-state index in [4.69, 9.17) is 0 Å². The molecule has 3 heteroatoms. The molecule has 0 radical (unpaired) electrons. The Balaban J connectivity index is 2.50. The van der Waals surface area contributed by atoms with Gasteiger partial charge in [-0.1, -0.05) is 30.3 Å². The summed E-state index contributed by atoms with van der Waals surface area (Å²) in [5.74, 6) is 0. The quantitative estimate of drug-likeness (QED) is 0.542. The van der Waals surface area contributed by atoms with E-state index in [0.717, 1.165) is 0 Å². The first-order valence-electron chi connectivity index (χ1n) is 4.99. The van der Waals surface area contributed by atoms with Crippen molar-refractivity contribution in [2.24, 2.45) is 0 Å². The molecule has 0 amide bonds. The minimum absolute atomic E-state index is 1.25. The second-order valence-electron chi connectivity index (χ2n) is 3.81. The summed E-state index contributed by atoms with van der Waals surface area (Å²) in [4.78, 5) is 0. The van der Waals surface area contributed by atoms with Crippen LogP contribution < -0.4 is 10.6 Å². The van der Waals surface area contributed by atoms with Gasteiger partial charge >= 0.3 is 0 Å². The van der Waals surface area contributed by atoms with Gasteiger partial charge < -0.3 is 0 Å². The zero-order valence-electron chi connectivity index (χ0n) is 9.00. The van der Waals surface area contributed by atoms with Crippen molar-refractivity contribution >= 4 is 51.7 Å². The van der Waals surface area contributed by atoms with Crippen molar-refractivity contribution in [3.63, 3.8) is 0 Å². The summed E-state index contributed by atoms with van der Waals surface area (Å²) >= 11 is 2.37. The monoisotopic (exact) mass is 358 g/mol. The Morgan fingerprint density at radius 2 is 1.44 bits per heavy atom. The van der Waals surface area contributed by atoms with Gasteiger partial charge in [0.25, 0.3) is 0 Å². The Labute approximate surface area is 115 Å². The Morgan fingerprint density at radius 3 is 2.00 bits per heavy atom. The summed E-state index contributed by atoms with van der Waals surface area (Å²) in [5.41, 5.74) is 3.88. The lowest BCUT2D eigenvalue weighted by Crippen LogP contribution is -1.98. The second kappa shape index (κ2) is 5.12. The predicted molar refractivity (Wildman–Crippen MR) is 88.0 cm³/mol. The van der Waals surface area contributed by atoms with E-state index in [-0.39, 0.29) is 0 Å². The van der Waals surface area contributed by atoms with E-state index in [9.17, 15) is 0 Å². The maximum Gasteiger partial charge on any atom is 0.0208 e. The average molecular weight is 358 g/mol. The van der Waals surface area contributed by atoms with E-state index in [1.807, 2.05) is 0 Å². The fourth-order valence-corrected chi connectivity index (χ4v) is 2.44. The first-order chi connectivity index (χ1) is 7.58. The highest BCUT2D eigenvalue weighted by atomic mass is 127. The van der Waals surface area contributed by atoms with Crippen LogP contribution >= 0.6 is 41.1 Å². The van der Waals surface area contributed by atoms with Crippen LogP contribution in [0.1, 0.15) is 5.56 Å². The van der Waals surface area contributed by atoms with Crippen LogP contribution in [0.2, 0.25) is 0 Å². The standard InChI is InChI=1S/C13H13IP2/c1-8-6-9(2-4-12(8)15)10-3-5-13(16)11(14)7-10/h2-7H,15-16H2,1H3. The topological polar surface area (TPSA) is 0 Å². The summed E-state index contributed by atoms with van der Waals surface area (Å²) in [6.07, 6.45) is 0. The molecule has 0 aromatic heterocycles. The SMILES string of the molecule is Cc1cc(-c2ccc(P)c(I)c2)ccc1P. The third-order valence-corrected chi connectivity index (χ3v) is 5.28. The van der Waals surface area contributed by atoms with Crippen LogP contribution in [0.5, 0.6) is 0 Å². The van der Waals surface area contributed by atoms with Gasteiger partial charge in [0.05, 0.1) is 0 Å². The molecule has 0 heterocycles. The zero-order chi connectivity index (χ0) is 11.7. The van der Waals surface area contributed by atoms with Gasteiger partial charge in [0.2, 0.25) is 0 Å². The van der Waals surface area contributed by atoms with Crippen molar-refractivity contribution in [1.29, 1.82) is 0 Å². The number of rotatable bonds is 1. The summed E-state index contributed by atoms with van der Waals surface area (Å²) < 4.78 is 1.28. The Kier molecular flexibility index (Phi) is 4.00. The van der Waals surface area contributed by atoms with E-state index in [1.165, 1.54) is 30.9 Å². The lowest BCUT2D eigenvalue weighted by atomic mass is 10.0. The van der Waals surface area contributed by atoms with Crippen LogP contribution in [-0.2, 0) is 0 Å². The number of hydrogen-bond donors (Lipinski definition) is 0. The highest BCUT2D eigenvalue weighted by Crippen LogP contribution is 2.22. The number of halogens is 1. The predicted octanol–water partition coefficient (Wildman–Crippen LogP) is 3.27. The van der Waals surface area contributed by atoms with Crippen LogP contribution in [0, 0.1) is 10.5 Å². The smallest absolute Gasteiger partial charge is 0.0208 e. The molecule has 0 saturated carbocycles. The fourth-order valence-electron chi connectivity index (χ4n) is 1.56. The number of aryl methyl sites for hydroxylation is 1. The molecular weight excluding hydrogens is 345 g/mol. The van der Waals surface area contributed by atoms with E-state index in [1.54, 1.807) is 0 Å². The van der Waals surface area contributed by atoms with Crippen molar-refractivity contribution < 1.29 is 0 Å². The zero-order valence-corrected chi connectivity index (χ0v) is 13.5. The summed E-state index contributed by atoms with van der Waals surface area (Å²) in [5, 5.41) is 2.52. The van der Waals surface area contributed by atoms with Gasteiger partial charge in [-0.2, -0.15) is 0 Å². The molecule has 2 aromatic carbocycles. The van der Waals surface area contributed by atoms with E-state index >= 15 is 0 Å². The molecule has 0 nitrogen and oxygen atoms in total. The van der Waals surface area contributed by atoms with Crippen LogP contribution in [0.4, 0.5) is 0 Å². The van der Waals surface area contributed by atoms with Gasteiger partial charge in [-0.3, -0.25) is 0 Å². The molecule has 2 rings (SSSR count). The maximum atomic E-state index is 2.76. The molecule has 2 unspecified atom stereocenters. The second-order valence-corrected chi connectivity index (χ2v) is 6.21. The van der Waals surface area contributed by atoms with E-state index in [2.05, 4.69) is 84.4 Å². The number of hydrogen-bond acceptors (Lipinski definition) is 0. The normalized spacial score (nSPS) is 10.5. The van der Waals surface area contributed by atoms with Crippen LogP contribution in [0.15, 0.2) is 36.4 Å². The molecule has 82 valence electrons. The van der Waals surface area contributed by atoms with Gasteiger partial charge in [-0.25, -0.2) is 0 Å². The first-order valence-corrected chi connectivity index (χ1v) is 7.23. The minimum atomic E-state index is 1.25. The molecule has 0 aliphatic carbocycles. The molecule has 0 aliphatic heterocycles. The maximum absolute atomic E-state index is 2.76. The molecule has 0 spiro atoms. The third kappa shape index (κ3) is 2.64. The Bertz CT molecular complexity index is 486. The molecule has 2 aromatic rings. The van der Waals surface area contributed by atoms with E-state index in [0.29, 0.717) is 0 Å². The lowest BCUT2D eigenvalue weighted by molar-refractivity contribution is 1.51. The van der Waals surface area contributed by atoms with Crippen LogP contribution in [-0.4, -0.2) is 0 Å². The molecule has 0 N–H and O–H groups in total. The Morgan fingerprint density at radius 1 is 0.875 bits per heavy atom. The minimum Gasteiger partial charge on any atom is -0.105 e. The van der Waals surface area contributed by atoms with Crippen molar-refractivity contribution in [3.05, 3.63) is 45.5 Å². The van der Waals surface area contributed by atoms with Crippen LogP contribution in [0.3, 0.4) is 0 Å². The van der Waals surface area contributed by atoms with Gasteiger partial charge in [0.1, 0.15) is 0 Å². The van der Waals surface area contributed by atoms with Crippen molar-refractivity contribution in [2.75, 3.05) is 0 Å². The number of benzene rings is 2. The van der Waals surface area contributed by atoms with E-state index < -0.39 is 0 Å². The largest absolute Gasteiger partial charge is 0.105 e. The van der Waals surface area contributed by atoms with Crippen molar-refractivity contribution in [2.45, 2.75) is 6.92 Å².